The van der Waals surface area contributed by atoms with E-state index in [9.17, 15) is 4.79 Å². The van der Waals surface area contributed by atoms with Crippen LogP contribution in [0.4, 0.5) is 0 Å². The monoisotopic (exact) mass is 219 g/mol. The summed E-state index contributed by atoms with van der Waals surface area (Å²) in [5.41, 5.74) is -0.0537. The zero-order chi connectivity index (χ0) is 8.43. The van der Waals surface area contributed by atoms with E-state index in [1.54, 1.807) is 7.05 Å². The van der Waals surface area contributed by atoms with Crippen molar-refractivity contribution in [2.24, 2.45) is 7.05 Å². The first-order valence-electron chi connectivity index (χ1n) is 3.33. The Hall–Kier alpha value is -0.580. The van der Waals surface area contributed by atoms with Gasteiger partial charge in [-0.05, 0) is 6.92 Å². The van der Waals surface area contributed by atoms with Crippen LogP contribution in [0, 0.1) is 6.92 Å². The Balaban J connectivity index is 3.09. The van der Waals surface area contributed by atoms with Crippen molar-refractivity contribution in [2.75, 3.05) is 5.33 Å². The lowest BCUT2D eigenvalue weighted by Gasteiger charge is -1.90. The van der Waals surface area contributed by atoms with E-state index < -0.39 is 0 Å². The van der Waals surface area contributed by atoms with Crippen molar-refractivity contribution >= 4 is 15.9 Å². The fourth-order valence-electron chi connectivity index (χ4n) is 0.822. The Morgan fingerprint density at radius 2 is 2.27 bits per heavy atom. The molecule has 0 fully saturated rings. The molecule has 1 aromatic rings. The molecule has 62 valence electrons. The van der Waals surface area contributed by atoms with Gasteiger partial charge in [-0.3, -0.25) is 4.57 Å². The maximum atomic E-state index is 11.2. The predicted molar refractivity (Wildman–Crippen MR) is 46.0 cm³/mol. The summed E-state index contributed by atoms with van der Waals surface area (Å²) in [6.07, 6.45) is 0. The fourth-order valence-corrected chi connectivity index (χ4v) is 1.16. The van der Waals surface area contributed by atoms with Crippen LogP contribution in [-0.4, -0.2) is 19.7 Å². The van der Waals surface area contributed by atoms with Gasteiger partial charge >= 0.3 is 5.69 Å². The second-order valence-corrected chi connectivity index (χ2v) is 3.09. The summed E-state index contributed by atoms with van der Waals surface area (Å²) in [6.45, 7) is 2.44. The smallest absolute Gasteiger partial charge is 0.282 e. The van der Waals surface area contributed by atoms with Crippen LogP contribution in [0.2, 0.25) is 0 Å². The van der Waals surface area contributed by atoms with Gasteiger partial charge in [0.2, 0.25) is 0 Å². The molecule has 0 saturated carbocycles. The second-order valence-electron chi connectivity index (χ2n) is 2.30. The molecular weight excluding hydrogens is 210 g/mol. The fraction of sp³-hybridized carbons (Fsp3) is 0.667. The van der Waals surface area contributed by atoms with Crippen LogP contribution in [0.5, 0.6) is 0 Å². The first-order chi connectivity index (χ1) is 5.16. The van der Waals surface area contributed by atoms with Gasteiger partial charge in [0.25, 0.3) is 0 Å². The van der Waals surface area contributed by atoms with Crippen LogP contribution in [0.15, 0.2) is 4.79 Å². The SMILES string of the molecule is Cc1nn(CCBr)c(=O)n1C. The zero-order valence-corrected chi connectivity index (χ0v) is 8.13. The minimum atomic E-state index is -0.0537. The highest BCUT2D eigenvalue weighted by atomic mass is 79.9. The molecule has 11 heavy (non-hydrogen) atoms. The third-order valence-electron chi connectivity index (χ3n) is 1.55. The van der Waals surface area contributed by atoms with E-state index in [0.29, 0.717) is 6.54 Å². The molecule has 0 spiro atoms. The van der Waals surface area contributed by atoms with E-state index in [-0.39, 0.29) is 5.69 Å². The summed E-state index contributed by atoms with van der Waals surface area (Å²) in [7, 11) is 1.72. The van der Waals surface area contributed by atoms with E-state index >= 15 is 0 Å². The van der Waals surface area contributed by atoms with Crippen LogP contribution in [0.3, 0.4) is 0 Å². The lowest BCUT2D eigenvalue weighted by atomic mass is 10.7. The number of aryl methyl sites for hydroxylation is 2. The maximum Gasteiger partial charge on any atom is 0.345 e. The normalized spacial score (nSPS) is 10.5. The van der Waals surface area contributed by atoms with Crippen LogP contribution in [-0.2, 0) is 13.6 Å². The number of hydrogen-bond acceptors (Lipinski definition) is 2. The first kappa shape index (κ1) is 8.52. The summed E-state index contributed by atoms with van der Waals surface area (Å²) in [4.78, 5) is 11.2. The first-order valence-corrected chi connectivity index (χ1v) is 4.45. The van der Waals surface area contributed by atoms with Gasteiger partial charge < -0.3 is 0 Å². The molecule has 1 rings (SSSR count). The van der Waals surface area contributed by atoms with Crippen molar-refractivity contribution in [3.05, 3.63) is 16.3 Å². The van der Waals surface area contributed by atoms with Crippen molar-refractivity contribution in [3.63, 3.8) is 0 Å². The summed E-state index contributed by atoms with van der Waals surface area (Å²) in [5.74, 6) is 0.746. The largest absolute Gasteiger partial charge is 0.345 e. The number of alkyl halides is 1. The molecule has 0 amide bonds. The number of halogens is 1. The van der Waals surface area contributed by atoms with Gasteiger partial charge in [0, 0.05) is 12.4 Å². The van der Waals surface area contributed by atoms with Gasteiger partial charge in [0.05, 0.1) is 6.54 Å². The molecule has 0 N–H and O–H groups in total. The molecule has 1 aromatic heterocycles. The van der Waals surface area contributed by atoms with E-state index in [1.165, 1.54) is 9.25 Å². The highest BCUT2D eigenvalue weighted by Crippen LogP contribution is 1.87. The van der Waals surface area contributed by atoms with Crippen LogP contribution < -0.4 is 5.69 Å². The molecule has 0 aliphatic heterocycles. The lowest BCUT2D eigenvalue weighted by Crippen LogP contribution is -2.23. The van der Waals surface area contributed by atoms with Crippen molar-refractivity contribution < 1.29 is 0 Å². The minimum absolute atomic E-state index is 0.0537. The Morgan fingerprint density at radius 3 is 2.64 bits per heavy atom. The molecule has 0 atom stereocenters. The van der Waals surface area contributed by atoms with Gasteiger partial charge in [0.1, 0.15) is 5.82 Å². The minimum Gasteiger partial charge on any atom is -0.282 e. The van der Waals surface area contributed by atoms with Crippen molar-refractivity contribution in [1.82, 2.24) is 14.3 Å². The molecule has 0 bridgehead atoms. The van der Waals surface area contributed by atoms with Gasteiger partial charge in [-0.2, -0.15) is 5.10 Å². The third kappa shape index (κ3) is 1.53. The number of aromatic nitrogens is 3. The molecule has 5 heteroatoms. The molecule has 0 aromatic carbocycles. The van der Waals surface area contributed by atoms with E-state index in [2.05, 4.69) is 21.0 Å². The number of hydrogen-bond donors (Lipinski definition) is 0. The van der Waals surface area contributed by atoms with Gasteiger partial charge in [-0.15, -0.1) is 0 Å². The Bertz CT molecular complexity index is 301. The molecule has 0 aliphatic rings. The summed E-state index contributed by atoms with van der Waals surface area (Å²) in [5, 5.41) is 4.79. The topological polar surface area (TPSA) is 39.8 Å². The van der Waals surface area contributed by atoms with Crippen LogP contribution >= 0.6 is 15.9 Å². The van der Waals surface area contributed by atoms with Crippen molar-refractivity contribution in [2.45, 2.75) is 13.5 Å². The van der Waals surface area contributed by atoms with E-state index in [0.717, 1.165) is 11.2 Å². The van der Waals surface area contributed by atoms with Crippen molar-refractivity contribution in [3.8, 4) is 0 Å². The Morgan fingerprint density at radius 1 is 1.64 bits per heavy atom. The molecular formula is C6H10BrN3O. The zero-order valence-electron chi connectivity index (χ0n) is 6.54. The highest BCUT2D eigenvalue weighted by Gasteiger charge is 2.03. The van der Waals surface area contributed by atoms with Crippen molar-refractivity contribution in [1.29, 1.82) is 0 Å². The molecule has 0 saturated heterocycles. The van der Waals surface area contributed by atoms with Crippen LogP contribution in [0.1, 0.15) is 5.82 Å². The molecule has 4 nitrogen and oxygen atoms in total. The molecule has 0 aliphatic carbocycles. The molecule has 0 unspecified atom stereocenters. The quantitative estimate of drug-likeness (QED) is 0.672. The van der Waals surface area contributed by atoms with E-state index in [4.69, 9.17) is 0 Å². The Kier molecular flexibility index (Phi) is 2.49. The standard InChI is InChI=1S/C6H10BrN3O/c1-5-8-10(4-3-7)6(11)9(5)2/h3-4H2,1-2H3. The van der Waals surface area contributed by atoms with Gasteiger partial charge in [0.15, 0.2) is 0 Å². The summed E-state index contributed by atoms with van der Waals surface area (Å²) in [6, 6.07) is 0. The average molecular weight is 220 g/mol. The summed E-state index contributed by atoms with van der Waals surface area (Å²) < 4.78 is 2.98. The third-order valence-corrected chi connectivity index (χ3v) is 1.91. The maximum absolute atomic E-state index is 11.2. The van der Waals surface area contributed by atoms with Gasteiger partial charge in [-0.25, -0.2) is 9.48 Å². The van der Waals surface area contributed by atoms with Crippen LogP contribution in [0.25, 0.3) is 0 Å². The summed E-state index contributed by atoms with van der Waals surface area (Å²) >= 11 is 3.25. The molecule has 1 heterocycles. The predicted octanol–water partition coefficient (Wildman–Crippen LogP) is 0.285. The lowest BCUT2D eigenvalue weighted by molar-refractivity contribution is 0.630. The van der Waals surface area contributed by atoms with E-state index in [1.807, 2.05) is 6.92 Å². The average Bonchev–Trinajstić information content (AvgIpc) is 2.19. The molecule has 0 radical (unpaired) electrons. The van der Waals surface area contributed by atoms with Gasteiger partial charge in [-0.1, -0.05) is 15.9 Å². The second kappa shape index (κ2) is 3.21. The number of nitrogens with zero attached hydrogens (tertiary/aromatic N) is 3. The number of rotatable bonds is 2. The highest BCUT2D eigenvalue weighted by molar-refractivity contribution is 9.09. The Labute approximate surface area is 73.0 Å².